The van der Waals surface area contributed by atoms with Crippen molar-refractivity contribution in [1.29, 1.82) is 0 Å². The zero-order chi connectivity index (χ0) is 7.83. The van der Waals surface area contributed by atoms with Crippen LogP contribution in [0.3, 0.4) is 0 Å². The van der Waals surface area contributed by atoms with Crippen molar-refractivity contribution in [2.24, 2.45) is 0 Å². The Morgan fingerprint density at radius 3 is 1.80 bits per heavy atom. The van der Waals surface area contributed by atoms with Crippen molar-refractivity contribution in [1.82, 2.24) is 0 Å². The lowest BCUT2D eigenvalue weighted by atomic mass is 9.93. The molecule has 1 saturated carbocycles. The molecule has 1 fully saturated rings. The second kappa shape index (κ2) is 2.19. The quantitative estimate of drug-likeness (QED) is 0.456. The van der Waals surface area contributed by atoms with Gasteiger partial charge in [0.05, 0.1) is 0 Å². The van der Waals surface area contributed by atoms with Crippen molar-refractivity contribution in [3.05, 3.63) is 0 Å². The summed E-state index contributed by atoms with van der Waals surface area (Å²) in [6, 6.07) is 0. The molecule has 0 aliphatic heterocycles. The van der Waals surface area contributed by atoms with Gasteiger partial charge in [-0.2, -0.15) is 0 Å². The van der Waals surface area contributed by atoms with Gasteiger partial charge in [0.15, 0.2) is 5.79 Å². The van der Waals surface area contributed by atoms with Crippen molar-refractivity contribution in [3.63, 3.8) is 0 Å². The first kappa shape index (κ1) is 7.98. The molecule has 1 rings (SSSR count). The second-order valence-electron chi connectivity index (χ2n) is 3.26. The van der Waals surface area contributed by atoms with E-state index in [2.05, 4.69) is 0 Å². The Kier molecular flexibility index (Phi) is 1.75. The van der Waals surface area contributed by atoms with E-state index in [4.69, 9.17) is 10.2 Å². The van der Waals surface area contributed by atoms with Crippen LogP contribution in [-0.4, -0.2) is 26.7 Å². The lowest BCUT2D eigenvalue weighted by Gasteiger charge is -2.33. The molecule has 0 spiro atoms. The van der Waals surface area contributed by atoms with E-state index in [-0.39, 0.29) is 0 Å². The summed E-state index contributed by atoms with van der Waals surface area (Å²) in [5.74, 6) is -1.93. The predicted octanol–water partition coefficient (Wildman–Crippen LogP) is -0.00770. The summed E-state index contributed by atoms with van der Waals surface area (Å²) in [6.45, 7) is 1.23. The highest BCUT2D eigenvalue weighted by Crippen LogP contribution is 2.36. The Balaban J connectivity index is 2.67. The molecule has 0 radical (unpaired) electrons. The van der Waals surface area contributed by atoms with Crippen LogP contribution in [0.2, 0.25) is 0 Å². The van der Waals surface area contributed by atoms with Gasteiger partial charge in [0.1, 0.15) is 5.60 Å². The minimum absolute atomic E-state index is 0.497. The molecule has 0 aromatic carbocycles. The second-order valence-corrected chi connectivity index (χ2v) is 3.26. The molecule has 60 valence electrons. The van der Waals surface area contributed by atoms with Crippen molar-refractivity contribution >= 4 is 0 Å². The van der Waals surface area contributed by atoms with Gasteiger partial charge in [0.2, 0.25) is 0 Å². The van der Waals surface area contributed by atoms with Crippen LogP contribution in [0.1, 0.15) is 32.6 Å². The number of rotatable bonds is 1. The maximum atomic E-state index is 9.53. The molecule has 3 nitrogen and oxygen atoms in total. The molecular weight excluding hydrogens is 132 g/mol. The van der Waals surface area contributed by atoms with E-state index in [1.165, 1.54) is 6.92 Å². The largest absolute Gasteiger partial charge is 0.384 e. The van der Waals surface area contributed by atoms with Gasteiger partial charge in [-0.1, -0.05) is 12.8 Å². The van der Waals surface area contributed by atoms with Gasteiger partial charge in [0, 0.05) is 0 Å². The zero-order valence-corrected chi connectivity index (χ0v) is 6.17. The molecule has 0 atom stereocenters. The van der Waals surface area contributed by atoms with Crippen LogP contribution >= 0.6 is 0 Å². The summed E-state index contributed by atoms with van der Waals surface area (Å²) >= 11 is 0. The molecule has 0 aromatic heterocycles. The zero-order valence-electron chi connectivity index (χ0n) is 6.17. The average Bonchev–Trinajstić information content (AvgIpc) is 2.13. The van der Waals surface area contributed by atoms with Crippen molar-refractivity contribution in [3.8, 4) is 0 Å². The SMILES string of the molecule is CC(O)(O)C1(O)CCCC1. The Morgan fingerprint density at radius 1 is 1.20 bits per heavy atom. The lowest BCUT2D eigenvalue weighted by Crippen LogP contribution is -2.50. The Morgan fingerprint density at radius 2 is 1.60 bits per heavy atom. The summed E-state index contributed by atoms with van der Waals surface area (Å²) in [5.41, 5.74) is -1.26. The molecule has 0 amide bonds. The van der Waals surface area contributed by atoms with Gasteiger partial charge in [-0.3, -0.25) is 0 Å². The fourth-order valence-electron chi connectivity index (χ4n) is 1.43. The molecule has 1 aliphatic rings. The van der Waals surface area contributed by atoms with Crippen LogP contribution in [0.5, 0.6) is 0 Å². The first-order valence-electron chi connectivity index (χ1n) is 3.63. The standard InChI is InChI=1S/C7H14O3/c1-6(8,9)7(10)4-2-3-5-7/h8-10H,2-5H2,1H3. The van der Waals surface area contributed by atoms with Crippen molar-refractivity contribution in [2.45, 2.75) is 44.0 Å². The van der Waals surface area contributed by atoms with Gasteiger partial charge in [0.25, 0.3) is 0 Å². The number of aliphatic hydroxyl groups is 3. The Bertz CT molecular complexity index is 119. The van der Waals surface area contributed by atoms with E-state index >= 15 is 0 Å². The fraction of sp³-hybridized carbons (Fsp3) is 1.00. The van der Waals surface area contributed by atoms with Gasteiger partial charge in [-0.25, -0.2) is 0 Å². The molecule has 0 heterocycles. The van der Waals surface area contributed by atoms with Gasteiger partial charge in [-0.15, -0.1) is 0 Å². The molecule has 0 bridgehead atoms. The normalized spacial score (nSPS) is 25.2. The topological polar surface area (TPSA) is 60.7 Å². The summed E-state index contributed by atoms with van der Waals surface area (Å²) in [5, 5.41) is 27.7. The summed E-state index contributed by atoms with van der Waals surface area (Å²) in [6.07, 6.45) is 2.76. The molecule has 3 N–H and O–H groups in total. The molecule has 3 heteroatoms. The number of hydrogen-bond acceptors (Lipinski definition) is 3. The first-order valence-corrected chi connectivity index (χ1v) is 3.63. The van der Waals surface area contributed by atoms with Gasteiger partial charge >= 0.3 is 0 Å². The molecule has 0 unspecified atom stereocenters. The summed E-state index contributed by atoms with van der Waals surface area (Å²) < 4.78 is 0. The third kappa shape index (κ3) is 1.17. The van der Waals surface area contributed by atoms with Crippen LogP contribution in [0.25, 0.3) is 0 Å². The minimum Gasteiger partial charge on any atom is -0.384 e. The van der Waals surface area contributed by atoms with E-state index in [1.807, 2.05) is 0 Å². The maximum Gasteiger partial charge on any atom is 0.189 e. The van der Waals surface area contributed by atoms with Crippen LogP contribution in [0.15, 0.2) is 0 Å². The summed E-state index contributed by atoms with van der Waals surface area (Å²) in [4.78, 5) is 0. The highest BCUT2D eigenvalue weighted by atomic mass is 16.5. The van der Waals surface area contributed by atoms with Gasteiger partial charge < -0.3 is 15.3 Å². The highest BCUT2D eigenvalue weighted by molar-refractivity contribution is 4.92. The molecule has 0 aromatic rings. The van der Waals surface area contributed by atoms with E-state index < -0.39 is 11.4 Å². The predicted molar refractivity (Wildman–Crippen MR) is 36.3 cm³/mol. The smallest absolute Gasteiger partial charge is 0.189 e. The molecule has 0 saturated heterocycles. The van der Waals surface area contributed by atoms with Crippen LogP contribution in [0.4, 0.5) is 0 Å². The van der Waals surface area contributed by atoms with E-state index in [9.17, 15) is 5.11 Å². The van der Waals surface area contributed by atoms with Crippen molar-refractivity contribution < 1.29 is 15.3 Å². The van der Waals surface area contributed by atoms with Gasteiger partial charge in [-0.05, 0) is 19.8 Å². The third-order valence-electron chi connectivity index (χ3n) is 2.31. The van der Waals surface area contributed by atoms with E-state index in [0.29, 0.717) is 12.8 Å². The first-order chi connectivity index (χ1) is 4.46. The molecular formula is C7H14O3. The maximum absolute atomic E-state index is 9.53. The Labute approximate surface area is 60.3 Å². The van der Waals surface area contributed by atoms with Crippen LogP contribution < -0.4 is 0 Å². The minimum atomic E-state index is -1.93. The summed E-state index contributed by atoms with van der Waals surface area (Å²) in [7, 11) is 0. The van der Waals surface area contributed by atoms with Crippen LogP contribution in [0, 0.1) is 0 Å². The van der Waals surface area contributed by atoms with E-state index in [1.54, 1.807) is 0 Å². The lowest BCUT2D eigenvalue weighted by molar-refractivity contribution is -0.260. The average molecular weight is 146 g/mol. The van der Waals surface area contributed by atoms with E-state index in [0.717, 1.165) is 12.8 Å². The molecule has 10 heavy (non-hydrogen) atoms. The highest BCUT2D eigenvalue weighted by Gasteiger charge is 2.46. The third-order valence-corrected chi connectivity index (χ3v) is 2.31. The Hall–Kier alpha value is -0.120. The number of hydrogen-bond donors (Lipinski definition) is 3. The van der Waals surface area contributed by atoms with Crippen molar-refractivity contribution in [2.75, 3.05) is 0 Å². The van der Waals surface area contributed by atoms with Crippen LogP contribution in [-0.2, 0) is 0 Å². The molecule has 1 aliphatic carbocycles. The monoisotopic (exact) mass is 146 g/mol. The fourth-order valence-corrected chi connectivity index (χ4v) is 1.43.